The normalized spacial score (nSPS) is 20.9. The van der Waals surface area contributed by atoms with E-state index in [-0.39, 0.29) is 17.9 Å². The first-order valence-corrected chi connectivity index (χ1v) is 8.81. The fraction of sp³-hybridized carbons (Fsp3) is 0.467. The summed E-state index contributed by atoms with van der Waals surface area (Å²) < 4.78 is 30.9. The van der Waals surface area contributed by atoms with Gasteiger partial charge in [-0.05, 0) is 18.6 Å². The van der Waals surface area contributed by atoms with E-state index in [4.69, 9.17) is 9.84 Å². The topological polar surface area (TPSA) is 113 Å². The number of amides is 1. The van der Waals surface area contributed by atoms with Crippen molar-refractivity contribution in [2.75, 3.05) is 26.8 Å². The summed E-state index contributed by atoms with van der Waals surface area (Å²) in [4.78, 5) is 23.3. The number of benzene rings is 1. The molecule has 24 heavy (non-hydrogen) atoms. The first-order valence-electron chi connectivity index (χ1n) is 7.37. The van der Waals surface area contributed by atoms with E-state index in [1.165, 1.54) is 19.2 Å². The third-order valence-corrected chi connectivity index (χ3v) is 5.63. The van der Waals surface area contributed by atoms with Crippen LogP contribution in [0.25, 0.3) is 0 Å². The number of carboxylic acids is 1. The quantitative estimate of drug-likeness (QED) is 0.714. The van der Waals surface area contributed by atoms with Crippen LogP contribution in [0.1, 0.15) is 12.8 Å². The number of likely N-dealkylation sites (N-methyl/N-ethyl adjacent to an activating group) is 1. The number of carbonyl (C=O) groups is 2. The third kappa shape index (κ3) is 4.31. The Morgan fingerprint density at radius 3 is 2.54 bits per heavy atom. The first-order chi connectivity index (χ1) is 11.3. The minimum atomic E-state index is -3.79. The van der Waals surface area contributed by atoms with Crippen molar-refractivity contribution in [2.45, 2.75) is 23.3 Å². The molecule has 1 heterocycles. The molecule has 1 amide bonds. The van der Waals surface area contributed by atoms with Crippen LogP contribution in [0.15, 0.2) is 35.2 Å². The van der Waals surface area contributed by atoms with Gasteiger partial charge in [-0.25, -0.2) is 8.42 Å². The summed E-state index contributed by atoms with van der Waals surface area (Å²) in [6.07, 6.45) is 0.105. The van der Waals surface area contributed by atoms with Gasteiger partial charge in [-0.2, -0.15) is 4.31 Å². The van der Waals surface area contributed by atoms with Gasteiger partial charge in [-0.15, -0.1) is 0 Å². The zero-order valence-electron chi connectivity index (χ0n) is 13.3. The molecule has 2 N–H and O–H groups in total. The summed E-state index contributed by atoms with van der Waals surface area (Å²) in [6.45, 7) is 0.0461. The van der Waals surface area contributed by atoms with Crippen molar-refractivity contribution in [1.82, 2.24) is 9.62 Å². The molecule has 1 atom stereocenters. The van der Waals surface area contributed by atoms with E-state index in [1.54, 1.807) is 18.2 Å². The van der Waals surface area contributed by atoms with Crippen molar-refractivity contribution in [3.63, 3.8) is 0 Å². The highest BCUT2D eigenvalue weighted by Gasteiger charge is 2.39. The van der Waals surface area contributed by atoms with Crippen molar-refractivity contribution < 1.29 is 27.9 Å². The third-order valence-electron chi connectivity index (χ3n) is 3.82. The van der Waals surface area contributed by atoms with Gasteiger partial charge in [-0.3, -0.25) is 9.59 Å². The molecular weight excluding hydrogens is 336 g/mol. The number of sulfonamides is 1. The molecule has 0 aliphatic carbocycles. The summed E-state index contributed by atoms with van der Waals surface area (Å²) >= 11 is 0. The van der Waals surface area contributed by atoms with Crippen LogP contribution < -0.4 is 5.32 Å². The molecule has 1 unspecified atom stereocenters. The number of ether oxygens (including phenoxy) is 1. The molecule has 0 radical (unpaired) electrons. The van der Waals surface area contributed by atoms with Gasteiger partial charge >= 0.3 is 5.97 Å². The van der Waals surface area contributed by atoms with Crippen LogP contribution in [0.5, 0.6) is 0 Å². The fourth-order valence-electron chi connectivity index (χ4n) is 2.57. The molecule has 132 valence electrons. The number of nitrogens with one attached hydrogen (secondary N) is 1. The van der Waals surface area contributed by atoms with Gasteiger partial charge in [-0.1, -0.05) is 18.2 Å². The smallest absolute Gasteiger partial charge is 0.305 e. The number of aliphatic carboxylic acids is 1. The first kappa shape index (κ1) is 18.4. The summed E-state index contributed by atoms with van der Waals surface area (Å²) in [7, 11) is -2.48. The summed E-state index contributed by atoms with van der Waals surface area (Å²) in [5.41, 5.74) is -0.986. The Bertz CT molecular complexity index is 698. The zero-order valence-corrected chi connectivity index (χ0v) is 14.1. The lowest BCUT2D eigenvalue weighted by molar-refractivity contribution is -0.139. The molecule has 0 bridgehead atoms. The van der Waals surface area contributed by atoms with Crippen molar-refractivity contribution in [2.24, 2.45) is 0 Å². The predicted octanol–water partition coefficient (Wildman–Crippen LogP) is 0.0571. The van der Waals surface area contributed by atoms with Crippen molar-refractivity contribution >= 4 is 21.9 Å². The van der Waals surface area contributed by atoms with Crippen LogP contribution in [0.2, 0.25) is 0 Å². The van der Waals surface area contributed by atoms with E-state index in [9.17, 15) is 18.0 Å². The highest BCUT2D eigenvalue weighted by atomic mass is 32.2. The van der Waals surface area contributed by atoms with E-state index < -0.39 is 34.0 Å². The van der Waals surface area contributed by atoms with Crippen molar-refractivity contribution in [1.29, 1.82) is 0 Å². The number of hydrogen-bond acceptors (Lipinski definition) is 5. The largest absolute Gasteiger partial charge is 0.481 e. The molecule has 1 saturated heterocycles. The van der Waals surface area contributed by atoms with Gasteiger partial charge in [0.05, 0.1) is 30.0 Å². The molecule has 1 aliphatic heterocycles. The van der Waals surface area contributed by atoms with Crippen LogP contribution in [0, 0.1) is 0 Å². The Morgan fingerprint density at radius 2 is 2.00 bits per heavy atom. The predicted molar refractivity (Wildman–Crippen MR) is 84.8 cm³/mol. The Kier molecular flexibility index (Phi) is 5.58. The van der Waals surface area contributed by atoms with E-state index in [2.05, 4.69) is 5.32 Å². The molecule has 0 spiro atoms. The number of hydrogen-bond donors (Lipinski definition) is 2. The molecule has 1 aromatic carbocycles. The van der Waals surface area contributed by atoms with E-state index in [0.29, 0.717) is 13.0 Å². The Hall–Kier alpha value is -1.97. The average Bonchev–Trinajstić information content (AvgIpc) is 2.94. The molecule has 9 heteroatoms. The van der Waals surface area contributed by atoms with Crippen LogP contribution in [0.3, 0.4) is 0 Å². The molecule has 1 aromatic rings. The second-order valence-corrected chi connectivity index (χ2v) is 7.82. The number of rotatable bonds is 7. The maximum absolute atomic E-state index is 12.4. The SMILES string of the molecule is CN(CC(=O)NC1(CC(=O)O)CCOC1)S(=O)(=O)c1ccccc1. The van der Waals surface area contributed by atoms with Gasteiger partial charge < -0.3 is 15.2 Å². The summed E-state index contributed by atoms with van der Waals surface area (Å²) in [6, 6.07) is 7.78. The molecule has 8 nitrogen and oxygen atoms in total. The monoisotopic (exact) mass is 356 g/mol. The van der Waals surface area contributed by atoms with Crippen molar-refractivity contribution in [3.8, 4) is 0 Å². The fourth-order valence-corrected chi connectivity index (χ4v) is 3.72. The lowest BCUT2D eigenvalue weighted by Crippen LogP contribution is -2.53. The Morgan fingerprint density at radius 1 is 1.33 bits per heavy atom. The lowest BCUT2D eigenvalue weighted by atomic mass is 9.94. The zero-order chi connectivity index (χ0) is 17.8. The maximum Gasteiger partial charge on any atom is 0.305 e. The molecule has 0 saturated carbocycles. The number of nitrogens with zero attached hydrogens (tertiary/aromatic N) is 1. The van der Waals surface area contributed by atoms with Gasteiger partial charge in [0.2, 0.25) is 15.9 Å². The van der Waals surface area contributed by atoms with E-state index in [0.717, 1.165) is 4.31 Å². The number of carbonyl (C=O) groups excluding carboxylic acids is 1. The van der Waals surface area contributed by atoms with Gasteiger partial charge in [0.25, 0.3) is 0 Å². The highest BCUT2D eigenvalue weighted by Crippen LogP contribution is 2.23. The summed E-state index contributed by atoms with van der Waals surface area (Å²) in [5.74, 6) is -1.62. The second-order valence-electron chi connectivity index (χ2n) is 5.78. The molecule has 1 fully saturated rings. The average molecular weight is 356 g/mol. The standard InChI is InChI=1S/C15H20N2O6S/c1-17(24(21,22)12-5-3-2-4-6-12)10-13(18)16-15(9-14(19)20)7-8-23-11-15/h2-6H,7-11H2,1H3,(H,16,18)(H,19,20). The van der Waals surface area contributed by atoms with Crippen molar-refractivity contribution in [3.05, 3.63) is 30.3 Å². The van der Waals surface area contributed by atoms with Gasteiger partial charge in [0, 0.05) is 13.7 Å². The highest BCUT2D eigenvalue weighted by molar-refractivity contribution is 7.89. The van der Waals surface area contributed by atoms with Crippen LogP contribution >= 0.6 is 0 Å². The van der Waals surface area contributed by atoms with Crippen LogP contribution in [-0.2, 0) is 24.3 Å². The molecule has 2 rings (SSSR count). The number of carboxylic acid groups (broad SMARTS) is 1. The maximum atomic E-state index is 12.4. The Labute approximate surface area is 140 Å². The lowest BCUT2D eigenvalue weighted by Gasteiger charge is -2.28. The minimum Gasteiger partial charge on any atom is -0.481 e. The van der Waals surface area contributed by atoms with E-state index in [1.807, 2.05) is 0 Å². The second kappa shape index (κ2) is 7.29. The van der Waals surface area contributed by atoms with Gasteiger partial charge in [0.1, 0.15) is 0 Å². The molecule has 1 aliphatic rings. The van der Waals surface area contributed by atoms with E-state index >= 15 is 0 Å². The summed E-state index contributed by atoms with van der Waals surface area (Å²) in [5, 5.41) is 11.6. The van der Waals surface area contributed by atoms with Gasteiger partial charge in [0.15, 0.2) is 0 Å². The Balaban J connectivity index is 2.04. The molecular formula is C15H20N2O6S. The van der Waals surface area contributed by atoms with Crippen LogP contribution in [0.4, 0.5) is 0 Å². The minimum absolute atomic E-state index is 0.0877. The molecule has 0 aromatic heterocycles. The van der Waals surface area contributed by atoms with Crippen LogP contribution in [-0.4, -0.2) is 62.1 Å².